The average Bonchev–Trinajstić information content (AvgIpc) is 2.21. The molecule has 1 saturated carbocycles. The average molecular weight is 199 g/mol. The zero-order chi connectivity index (χ0) is 10.2. The van der Waals surface area contributed by atoms with E-state index < -0.39 is 0 Å². The second-order valence-electron chi connectivity index (χ2n) is 4.43. The molecular formula is C12H25NO. The normalized spacial score (nSPS) is 27.9. The van der Waals surface area contributed by atoms with Gasteiger partial charge in [0.15, 0.2) is 0 Å². The first-order chi connectivity index (χ1) is 6.86. The number of ether oxygens (including phenoxy) is 1. The van der Waals surface area contributed by atoms with E-state index in [1.807, 2.05) is 0 Å². The summed E-state index contributed by atoms with van der Waals surface area (Å²) in [6.07, 6.45) is 6.94. The minimum Gasteiger partial charge on any atom is -0.382 e. The van der Waals surface area contributed by atoms with Crippen LogP contribution in [0.3, 0.4) is 0 Å². The van der Waals surface area contributed by atoms with Crippen molar-refractivity contribution in [2.24, 2.45) is 11.8 Å². The fourth-order valence-corrected chi connectivity index (χ4v) is 2.41. The van der Waals surface area contributed by atoms with Crippen molar-refractivity contribution in [3.05, 3.63) is 0 Å². The number of nitrogens with one attached hydrogen (secondary N) is 1. The van der Waals surface area contributed by atoms with E-state index in [2.05, 4.69) is 19.3 Å². The second kappa shape index (κ2) is 7.24. The zero-order valence-corrected chi connectivity index (χ0v) is 9.72. The van der Waals surface area contributed by atoms with Gasteiger partial charge in [0.1, 0.15) is 0 Å². The molecule has 14 heavy (non-hydrogen) atoms. The number of rotatable bonds is 6. The Morgan fingerprint density at radius 3 is 2.36 bits per heavy atom. The molecule has 0 bridgehead atoms. The standard InChI is InChI=1S/C12H25NO/c1-3-14-9-8-11-4-6-12(7-5-11)10-13-2/h11-13H,3-10H2,1-2H3. The molecular weight excluding hydrogens is 174 g/mol. The summed E-state index contributed by atoms with van der Waals surface area (Å²) in [7, 11) is 2.06. The molecule has 0 aromatic heterocycles. The summed E-state index contributed by atoms with van der Waals surface area (Å²) >= 11 is 0. The SMILES string of the molecule is CCOCCC1CCC(CNC)CC1. The highest BCUT2D eigenvalue weighted by Crippen LogP contribution is 2.30. The summed E-state index contributed by atoms with van der Waals surface area (Å²) in [6, 6.07) is 0. The van der Waals surface area contributed by atoms with Crippen molar-refractivity contribution in [2.45, 2.75) is 39.0 Å². The maximum Gasteiger partial charge on any atom is 0.0468 e. The van der Waals surface area contributed by atoms with Gasteiger partial charge >= 0.3 is 0 Å². The van der Waals surface area contributed by atoms with E-state index in [0.717, 1.165) is 25.0 Å². The Bertz CT molecular complexity index is 130. The summed E-state index contributed by atoms with van der Waals surface area (Å²) in [6.45, 7) is 5.12. The Labute approximate surface area is 88.4 Å². The van der Waals surface area contributed by atoms with Gasteiger partial charge in [0, 0.05) is 13.2 Å². The lowest BCUT2D eigenvalue weighted by molar-refractivity contribution is 0.120. The van der Waals surface area contributed by atoms with Gasteiger partial charge < -0.3 is 10.1 Å². The van der Waals surface area contributed by atoms with Crippen LogP contribution in [-0.2, 0) is 4.74 Å². The maximum absolute atomic E-state index is 5.40. The van der Waals surface area contributed by atoms with Crippen molar-refractivity contribution >= 4 is 0 Å². The van der Waals surface area contributed by atoms with E-state index in [1.54, 1.807) is 0 Å². The molecule has 1 rings (SSSR count). The monoisotopic (exact) mass is 199 g/mol. The van der Waals surface area contributed by atoms with Gasteiger partial charge in [-0.15, -0.1) is 0 Å². The lowest BCUT2D eigenvalue weighted by atomic mass is 9.81. The molecule has 0 aliphatic heterocycles. The van der Waals surface area contributed by atoms with Gasteiger partial charge in [-0.05, 0) is 51.6 Å². The molecule has 84 valence electrons. The fourth-order valence-electron chi connectivity index (χ4n) is 2.41. The molecule has 0 spiro atoms. The van der Waals surface area contributed by atoms with E-state index >= 15 is 0 Å². The van der Waals surface area contributed by atoms with Crippen LogP contribution in [0.4, 0.5) is 0 Å². The summed E-state index contributed by atoms with van der Waals surface area (Å²) in [5.41, 5.74) is 0. The maximum atomic E-state index is 5.40. The summed E-state index contributed by atoms with van der Waals surface area (Å²) in [5, 5.41) is 3.28. The first kappa shape index (κ1) is 12.0. The molecule has 0 radical (unpaired) electrons. The Hall–Kier alpha value is -0.0800. The van der Waals surface area contributed by atoms with Crippen molar-refractivity contribution in [1.82, 2.24) is 5.32 Å². The smallest absolute Gasteiger partial charge is 0.0468 e. The van der Waals surface area contributed by atoms with Gasteiger partial charge in [-0.1, -0.05) is 12.8 Å². The van der Waals surface area contributed by atoms with Crippen molar-refractivity contribution in [3.8, 4) is 0 Å². The third-order valence-electron chi connectivity index (χ3n) is 3.33. The Morgan fingerprint density at radius 2 is 1.79 bits per heavy atom. The predicted octanol–water partition coefficient (Wildman–Crippen LogP) is 2.44. The molecule has 1 aliphatic carbocycles. The zero-order valence-electron chi connectivity index (χ0n) is 9.72. The van der Waals surface area contributed by atoms with Crippen molar-refractivity contribution < 1.29 is 4.74 Å². The first-order valence-electron chi connectivity index (χ1n) is 6.09. The predicted molar refractivity (Wildman–Crippen MR) is 60.5 cm³/mol. The Kier molecular flexibility index (Phi) is 6.20. The molecule has 2 nitrogen and oxygen atoms in total. The van der Waals surface area contributed by atoms with Crippen LogP contribution in [0.5, 0.6) is 0 Å². The number of hydrogen-bond acceptors (Lipinski definition) is 2. The van der Waals surface area contributed by atoms with E-state index in [0.29, 0.717) is 0 Å². The highest BCUT2D eigenvalue weighted by molar-refractivity contribution is 4.73. The largest absolute Gasteiger partial charge is 0.382 e. The quantitative estimate of drug-likeness (QED) is 0.663. The van der Waals surface area contributed by atoms with Crippen molar-refractivity contribution in [3.63, 3.8) is 0 Å². The number of hydrogen-bond donors (Lipinski definition) is 1. The van der Waals surface area contributed by atoms with Crippen LogP contribution in [0.2, 0.25) is 0 Å². The van der Waals surface area contributed by atoms with E-state index in [1.165, 1.54) is 38.6 Å². The van der Waals surface area contributed by atoms with Gasteiger partial charge in [-0.2, -0.15) is 0 Å². The minimum atomic E-state index is 0.870. The minimum absolute atomic E-state index is 0.870. The summed E-state index contributed by atoms with van der Waals surface area (Å²) in [4.78, 5) is 0. The van der Waals surface area contributed by atoms with Gasteiger partial charge in [-0.25, -0.2) is 0 Å². The molecule has 1 fully saturated rings. The molecule has 2 heteroatoms. The van der Waals surface area contributed by atoms with Crippen molar-refractivity contribution in [2.75, 3.05) is 26.8 Å². The van der Waals surface area contributed by atoms with Crippen LogP contribution >= 0.6 is 0 Å². The third kappa shape index (κ3) is 4.43. The van der Waals surface area contributed by atoms with Crippen LogP contribution in [0.1, 0.15) is 39.0 Å². The fraction of sp³-hybridized carbons (Fsp3) is 1.00. The second-order valence-corrected chi connectivity index (χ2v) is 4.43. The summed E-state index contributed by atoms with van der Waals surface area (Å²) in [5.74, 6) is 1.87. The third-order valence-corrected chi connectivity index (χ3v) is 3.33. The van der Waals surface area contributed by atoms with Crippen LogP contribution in [0.25, 0.3) is 0 Å². The topological polar surface area (TPSA) is 21.3 Å². The van der Waals surface area contributed by atoms with Crippen LogP contribution in [0.15, 0.2) is 0 Å². The van der Waals surface area contributed by atoms with Crippen LogP contribution in [-0.4, -0.2) is 26.8 Å². The molecule has 1 N–H and O–H groups in total. The van der Waals surface area contributed by atoms with Crippen molar-refractivity contribution in [1.29, 1.82) is 0 Å². The van der Waals surface area contributed by atoms with E-state index in [9.17, 15) is 0 Å². The van der Waals surface area contributed by atoms with Crippen LogP contribution in [0, 0.1) is 11.8 Å². The Morgan fingerprint density at radius 1 is 1.14 bits per heavy atom. The molecule has 0 atom stereocenters. The lowest BCUT2D eigenvalue weighted by Gasteiger charge is -2.28. The molecule has 0 aromatic carbocycles. The van der Waals surface area contributed by atoms with Gasteiger partial charge in [-0.3, -0.25) is 0 Å². The highest BCUT2D eigenvalue weighted by Gasteiger charge is 2.19. The Balaban J connectivity index is 2.03. The van der Waals surface area contributed by atoms with Gasteiger partial charge in [0.25, 0.3) is 0 Å². The summed E-state index contributed by atoms with van der Waals surface area (Å²) < 4.78 is 5.40. The molecule has 0 heterocycles. The molecule has 0 saturated heterocycles. The molecule has 1 aliphatic rings. The first-order valence-corrected chi connectivity index (χ1v) is 6.09. The van der Waals surface area contributed by atoms with Crippen LogP contribution < -0.4 is 5.32 Å². The van der Waals surface area contributed by atoms with E-state index in [-0.39, 0.29) is 0 Å². The molecule has 0 unspecified atom stereocenters. The van der Waals surface area contributed by atoms with E-state index in [4.69, 9.17) is 4.74 Å². The van der Waals surface area contributed by atoms with Gasteiger partial charge in [0.2, 0.25) is 0 Å². The molecule has 0 aromatic rings. The lowest BCUT2D eigenvalue weighted by Crippen LogP contribution is -2.24. The van der Waals surface area contributed by atoms with Gasteiger partial charge in [0.05, 0.1) is 0 Å². The molecule has 0 amide bonds. The highest BCUT2D eigenvalue weighted by atomic mass is 16.5.